The zero-order chi connectivity index (χ0) is 23.4. The maximum atomic E-state index is 13.2. The van der Waals surface area contributed by atoms with Crippen LogP contribution in [0.3, 0.4) is 0 Å². The number of aryl methyl sites for hydroxylation is 1. The number of benzene rings is 2. The number of likely N-dealkylation sites (tertiary alicyclic amines) is 1. The van der Waals surface area contributed by atoms with E-state index in [9.17, 15) is 23.6 Å². The molecule has 1 N–H and O–H groups in total. The standard InChI is InChI=1S/C24H22FN3O5/c25-16-10-8-15(9-11-16)23(31)28-14-4-3-7-19(24(28)32)33-21(29)13-12-20-26-18-6-2-1-5-17(18)22(30)27-20/h1-2,5-6,8-11,19H,3-4,7,12-14H2,(H,26,27,30)/t19-/m1/s1. The Balaban J connectivity index is 1.40. The van der Waals surface area contributed by atoms with Crippen molar-refractivity contribution in [3.63, 3.8) is 0 Å². The average Bonchev–Trinajstić information content (AvgIpc) is 2.99. The van der Waals surface area contributed by atoms with Crippen LogP contribution in [-0.4, -0.2) is 45.3 Å². The van der Waals surface area contributed by atoms with E-state index in [4.69, 9.17) is 4.74 Å². The quantitative estimate of drug-likeness (QED) is 0.472. The lowest BCUT2D eigenvalue weighted by Gasteiger charge is -2.22. The van der Waals surface area contributed by atoms with Crippen LogP contribution in [0, 0.1) is 5.82 Å². The summed E-state index contributed by atoms with van der Waals surface area (Å²) in [6.45, 7) is 0.200. The first-order valence-corrected chi connectivity index (χ1v) is 10.7. The summed E-state index contributed by atoms with van der Waals surface area (Å²) in [6.07, 6.45) is 0.469. The largest absolute Gasteiger partial charge is 0.452 e. The lowest BCUT2D eigenvalue weighted by molar-refractivity contribution is -0.158. The van der Waals surface area contributed by atoms with Gasteiger partial charge in [-0.3, -0.25) is 24.1 Å². The number of amides is 2. The SMILES string of the molecule is O=C(CCc1nc2ccccc2c(=O)[nH]1)O[C@@H]1CCCCN(C(=O)c2ccc(F)cc2)C1=O. The molecule has 2 amide bonds. The molecule has 8 nitrogen and oxygen atoms in total. The number of H-pyrrole nitrogens is 1. The van der Waals surface area contributed by atoms with E-state index < -0.39 is 29.7 Å². The Morgan fingerprint density at radius 1 is 1.09 bits per heavy atom. The summed E-state index contributed by atoms with van der Waals surface area (Å²) >= 11 is 0. The van der Waals surface area contributed by atoms with Crippen LogP contribution in [0.5, 0.6) is 0 Å². The molecule has 1 aliphatic rings. The van der Waals surface area contributed by atoms with E-state index in [0.717, 1.165) is 17.0 Å². The Labute approximate surface area is 188 Å². The van der Waals surface area contributed by atoms with Crippen molar-refractivity contribution in [3.05, 3.63) is 76.1 Å². The van der Waals surface area contributed by atoms with Crippen molar-refractivity contribution in [2.24, 2.45) is 0 Å². The Morgan fingerprint density at radius 2 is 1.85 bits per heavy atom. The van der Waals surface area contributed by atoms with E-state index in [1.807, 2.05) is 0 Å². The summed E-state index contributed by atoms with van der Waals surface area (Å²) in [7, 11) is 0. The molecule has 1 aliphatic heterocycles. The van der Waals surface area contributed by atoms with Gasteiger partial charge in [-0.2, -0.15) is 0 Å². The van der Waals surface area contributed by atoms with Gasteiger partial charge in [0.1, 0.15) is 11.6 Å². The normalized spacial score (nSPS) is 16.5. The minimum Gasteiger partial charge on any atom is -0.452 e. The summed E-state index contributed by atoms with van der Waals surface area (Å²) in [5.74, 6) is -1.91. The summed E-state index contributed by atoms with van der Waals surface area (Å²) in [4.78, 5) is 58.3. The predicted molar refractivity (Wildman–Crippen MR) is 117 cm³/mol. The minimum absolute atomic E-state index is 0.0863. The van der Waals surface area contributed by atoms with Crippen LogP contribution in [0.1, 0.15) is 41.9 Å². The number of rotatable bonds is 5. The molecule has 2 aromatic carbocycles. The molecule has 1 fully saturated rings. The van der Waals surface area contributed by atoms with Gasteiger partial charge in [-0.25, -0.2) is 9.37 Å². The Bertz CT molecular complexity index is 1250. The zero-order valence-electron chi connectivity index (χ0n) is 17.8. The van der Waals surface area contributed by atoms with Gasteiger partial charge in [0.25, 0.3) is 17.4 Å². The number of para-hydroxylation sites is 1. The lowest BCUT2D eigenvalue weighted by atomic mass is 10.1. The molecule has 3 aromatic rings. The van der Waals surface area contributed by atoms with Crippen molar-refractivity contribution in [1.29, 1.82) is 0 Å². The van der Waals surface area contributed by atoms with Crippen LogP contribution < -0.4 is 5.56 Å². The fourth-order valence-corrected chi connectivity index (χ4v) is 3.76. The van der Waals surface area contributed by atoms with Crippen molar-refractivity contribution in [2.45, 2.75) is 38.2 Å². The minimum atomic E-state index is -1.08. The number of carbonyl (C=O) groups excluding carboxylic acids is 3. The summed E-state index contributed by atoms with van der Waals surface area (Å²) in [5.41, 5.74) is 0.416. The van der Waals surface area contributed by atoms with Gasteiger partial charge in [-0.15, -0.1) is 0 Å². The van der Waals surface area contributed by atoms with Crippen molar-refractivity contribution in [2.75, 3.05) is 6.54 Å². The van der Waals surface area contributed by atoms with Crippen LogP contribution in [0.15, 0.2) is 53.3 Å². The third-order valence-corrected chi connectivity index (χ3v) is 5.48. The third kappa shape index (κ3) is 5.14. The van der Waals surface area contributed by atoms with Crippen molar-refractivity contribution >= 4 is 28.7 Å². The van der Waals surface area contributed by atoms with Gasteiger partial charge in [-0.05, 0) is 55.7 Å². The van der Waals surface area contributed by atoms with Crippen LogP contribution in [0.4, 0.5) is 4.39 Å². The molecule has 0 aliphatic carbocycles. The molecule has 4 rings (SSSR count). The molecule has 1 saturated heterocycles. The van der Waals surface area contributed by atoms with E-state index >= 15 is 0 Å². The van der Waals surface area contributed by atoms with Crippen LogP contribution in [0.25, 0.3) is 10.9 Å². The highest BCUT2D eigenvalue weighted by molar-refractivity contribution is 6.06. The molecule has 170 valence electrons. The van der Waals surface area contributed by atoms with Crippen LogP contribution in [-0.2, 0) is 20.7 Å². The van der Waals surface area contributed by atoms with Gasteiger partial charge < -0.3 is 9.72 Å². The average molecular weight is 451 g/mol. The van der Waals surface area contributed by atoms with E-state index in [0.29, 0.717) is 36.0 Å². The Hall–Kier alpha value is -3.88. The van der Waals surface area contributed by atoms with Crippen molar-refractivity contribution < 1.29 is 23.5 Å². The second-order valence-electron chi connectivity index (χ2n) is 7.81. The molecule has 1 aromatic heterocycles. The number of halogens is 1. The third-order valence-electron chi connectivity index (χ3n) is 5.48. The smallest absolute Gasteiger partial charge is 0.307 e. The van der Waals surface area contributed by atoms with Crippen molar-refractivity contribution in [3.8, 4) is 0 Å². The van der Waals surface area contributed by atoms with E-state index in [2.05, 4.69) is 9.97 Å². The summed E-state index contributed by atoms with van der Waals surface area (Å²) in [5, 5.41) is 0.457. The maximum absolute atomic E-state index is 13.2. The van der Waals surface area contributed by atoms with Gasteiger partial charge in [0.15, 0.2) is 6.10 Å². The lowest BCUT2D eigenvalue weighted by Crippen LogP contribution is -2.43. The zero-order valence-corrected chi connectivity index (χ0v) is 17.8. The molecule has 9 heteroatoms. The molecule has 0 radical (unpaired) electrons. The molecule has 0 bridgehead atoms. The maximum Gasteiger partial charge on any atom is 0.307 e. The van der Waals surface area contributed by atoms with Crippen molar-refractivity contribution in [1.82, 2.24) is 14.9 Å². The van der Waals surface area contributed by atoms with E-state index in [1.54, 1.807) is 24.3 Å². The Kier molecular flexibility index (Phi) is 6.58. The van der Waals surface area contributed by atoms with Gasteiger partial charge in [0, 0.05) is 18.5 Å². The highest BCUT2D eigenvalue weighted by atomic mass is 19.1. The first-order chi connectivity index (χ1) is 15.9. The number of esters is 1. The van der Waals surface area contributed by atoms with Gasteiger partial charge in [-0.1, -0.05) is 12.1 Å². The molecule has 33 heavy (non-hydrogen) atoms. The van der Waals surface area contributed by atoms with Gasteiger partial charge >= 0.3 is 5.97 Å². The number of nitrogens with one attached hydrogen (secondary N) is 1. The first kappa shape index (κ1) is 22.3. The molecule has 0 unspecified atom stereocenters. The number of hydrogen-bond donors (Lipinski definition) is 1. The highest BCUT2D eigenvalue weighted by Crippen LogP contribution is 2.19. The molecular weight excluding hydrogens is 429 g/mol. The fraction of sp³-hybridized carbons (Fsp3) is 0.292. The first-order valence-electron chi connectivity index (χ1n) is 10.7. The monoisotopic (exact) mass is 451 g/mol. The highest BCUT2D eigenvalue weighted by Gasteiger charge is 2.34. The number of nitrogens with zero attached hydrogens (tertiary/aromatic N) is 2. The van der Waals surface area contributed by atoms with E-state index in [1.165, 1.54) is 12.1 Å². The van der Waals surface area contributed by atoms with Crippen LogP contribution >= 0.6 is 0 Å². The molecule has 1 atom stereocenters. The number of imide groups is 1. The topological polar surface area (TPSA) is 109 Å². The Morgan fingerprint density at radius 3 is 2.64 bits per heavy atom. The second kappa shape index (κ2) is 9.72. The molecule has 0 saturated carbocycles. The van der Waals surface area contributed by atoms with E-state index in [-0.39, 0.29) is 30.5 Å². The summed E-state index contributed by atoms with van der Waals surface area (Å²) in [6, 6.07) is 11.8. The fourth-order valence-electron chi connectivity index (χ4n) is 3.76. The number of aromatic amines is 1. The number of aromatic nitrogens is 2. The summed E-state index contributed by atoms with van der Waals surface area (Å²) < 4.78 is 18.6. The van der Waals surface area contributed by atoms with Gasteiger partial charge in [0.2, 0.25) is 0 Å². The number of fused-ring (bicyclic) bond motifs is 1. The number of carbonyl (C=O) groups is 3. The molecule has 0 spiro atoms. The number of hydrogen-bond acceptors (Lipinski definition) is 6. The second-order valence-corrected chi connectivity index (χ2v) is 7.81. The molecular formula is C24H22FN3O5. The number of ether oxygens (including phenoxy) is 1. The van der Waals surface area contributed by atoms with Gasteiger partial charge in [0.05, 0.1) is 17.3 Å². The predicted octanol–water partition coefficient (Wildman–Crippen LogP) is 2.76. The molecule has 2 heterocycles. The van der Waals surface area contributed by atoms with Crippen LogP contribution in [0.2, 0.25) is 0 Å².